The fourth-order valence-electron chi connectivity index (χ4n) is 2.17. The van der Waals surface area contributed by atoms with Crippen LogP contribution in [0.15, 0.2) is 41.3 Å². The Morgan fingerprint density at radius 3 is 2.73 bits per heavy atom. The first-order valence-electron chi connectivity index (χ1n) is 7.65. The van der Waals surface area contributed by atoms with Gasteiger partial charge in [-0.1, -0.05) is 32.3 Å². The second kappa shape index (κ2) is 8.12. The zero-order valence-corrected chi connectivity index (χ0v) is 12.8. The summed E-state index contributed by atoms with van der Waals surface area (Å²) < 4.78 is 0. The summed E-state index contributed by atoms with van der Waals surface area (Å²) in [5, 5.41) is 2.78. The summed E-state index contributed by atoms with van der Waals surface area (Å²) in [6.07, 6.45) is 6.00. The van der Waals surface area contributed by atoms with Crippen molar-refractivity contribution in [2.45, 2.75) is 32.6 Å². The topological polar surface area (TPSA) is 74.8 Å². The molecule has 0 radical (unpaired) electrons. The molecule has 0 aliphatic heterocycles. The van der Waals surface area contributed by atoms with Crippen LogP contribution in [0.1, 0.15) is 43.0 Å². The lowest BCUT2D eigenvalue weighted by Crippen LogP contribution is -2.30. The zero-order chi connectivity index (χ0) is 15.8. The van der Waals surface area contributed by atoms with Crippen LogP contribution >= 0.6 is 0 Å². The average Bonchev–Trinajstić information content (AvgIpc) is 2.55. The summed E-state index contributed by atoms with van der Waals surface area (Å²) in [4.78, 5) is 30.9. The van der Waals surface area contributed by atoms with Crippen LogP contribution in [-0.2, 0) is 0 Å². The first-order chi connectivity index (χ1) is 10.7. The van der Waals surface area contributed by atoms with Gasteiger partial charge in [0, 0.05) is 12.7 Å². The standard InChI is InChI=1S/C17H21N3O2/c1-2-3-4-6-12-19-16(21)13-9-10-15(20-17(13)22)14-8-5-7-11-18-14/h5,7-11H,2-4,6,12H2,1H3,(H,19,21)(H,20,22). The maximum absolute atomic E-state index is 12.0. The van der Waals surface area contributed by atoms with Crippen molar-refractivity contribution in [1.82, 2.24) is 15.3 Å². The Morgan fingerprint density at radius 2 is 2.05 bits per heavy atom. The molecule has 2 aromatic rings. The van der Waals surface area contributed by atoms with E-state index in [0.717, 1.165) is 25.7 Å². The molecule has 0 bridgehead atoms. The van der Waals surface area contributed by atoms with E-state index in [4.69, 9.17) is 0 Å². The number of amides is 1. The predicted octanol–water partition coefficient (Wildman–Crippen LogP) is 2.75. The molecule has 22 heavy (non-hydrogen) atoms. The van der Waals surface area contributed by atoms with Crippen LogP contribution in [0.3, 0.4) is 0 Å². The van der Waals surface area contributed by atoms with Crippen molar-refractivity contribution < 1.29 is 4.79 Å². The lowest BCUT2D eigenvalue weighted by Gasteiger charge is -2.05. The van der Waals surface area contributed by atoms with Crippen molar-refractivity contribution in [3.63, 3.8) is 0 Å². The molecule has 0 unspecified atom stereocenters. The average molecular weight is 299 g/mol. The number of H-pyrrole nitrogens is 1. The third-order valence-electron chi connectivity index (χ3n) is 3.41. The van der Waals surface area contributed by atoms with Gasteiger partial charge in [-0.15, -0.1) is 0 Å². The molecule has 1 amide bonds. The molecule has 0 atom stereocenters. The Hall–Kier alpha value is -2.43. The number of hydrogen-bond acceptors (Lipinski definition) is 3. The van der Waals surface area contributed by atoms with E-state index in [9.17, 15) is 9.59 Å². The van der Waals surface area contributed by atoms with E-state index in [1.807, 2.05) is 12.1 Å². The summed E-state index contributed by atoms with van der Waals surface area (Å²) in [5.74, 6) is -0.328. The number of unbranched alkanes of at least 4 members (excludes halogenated alkanes) is 3. The van der Waals surface area contributed by atoms with Crippen molar-refractivity contribution in [3.05, 3.63) is 52.4 Å². The number of carbonyl (C=O) groups excluding carboxylic acids is 1. The first-order valence-corrected chi connectivity index (χ1v) is 7.65. The van der Waals surface area contributed by atoms with Gasteiger partial charge in [0.25, 0.3) is 11.5 Å². The molecule has 0 saturated heterocycles. The van der Waals surface area contributed by atoms with Gasteiger partial charge < -0.3 is 10.3 Å². The highest BCUT2D eigenvalue weighted by Crippen LogP contribution is 2.11. The number of hydrogen-bond donors (Lipinski definition) is 2. The number of aromatic amines is 1. The van der Waals surface area contributed by atoms with Gasteiger partial charge in [0.1, 0.15) is 5.56 Å². The molecule has 0 saturated carbocycles. The van der Waals surface area contributed by atoms with E-state index in [2.05, 4.69) is 22.2 Å². The lowest BCUT2D eigenvalue weighted by atomic mass is 10.2. The van der Waals surface area contributed by atoms with Gasteiger partial charge in [0.2, 0.25) is 0 Å². The molecule has 0 aromatic carbocycles. The number of nitrogens with one attached hydrogen (secondary N) is 2. The lowest BCUT2D eigenvalue weighted by molar-refractivity contribution is 0.0951. The fraction of sp³-hybridized carbons (Fsp3) is 0.353. The summed E-state index contributed by atoms with van der Waals surface area (Å²) >= 11 is 0. The highest BCUT2D eigenvalue weighted by atomic mass is 16.2. The maximum Gasteiger partial charge on any atom is 0.261 e. The third kappa shape index (κ3) is 4.28. The third-order valence-corrected chi connectivity index (χ3v) is 3.41. The van der Waals surface area contributed by atoms with Crippen molar-refractivity contribution in [1.29, 1.82) is 0 Å². The van der Waals surface area contributed by atoms with Crippen LogP contribution in [0.4, 0.5) is 0 Å². The number of aromatic nitrogens is 2. The molecule has 2 rings (SSSR count). The zero-order valence-electron chi connectivity index (χ0n) is 12.8. The molecule has 0 aliphatic rings. The van der Waals surface area contributed by atoms with Crippen LogP contribution in [0.5, 0.6) is 0 Å². The molecular weight excluding hydrogens is 278 g/mol. The van der Waals surface area contributed by atoms with E-state index in [1.165, 1.54) is 0 Å². The molecule has 2 heterocycles. The Morgan fingerprint density at radius 1 is 1.18 bits per heavy atom. The highest BCUT2D eigenvalue weighted by Gasteiger charge is 2.11. The Labute approximate surface area is 129 Å². The Kier molecular flexibility index (Phi) is 5.89. The molecule has 116 valence electrons. The van der Waals surface area contributed by atoms with Crippen LogP contribution < -0.4 is 10.9 Å². The second-order valence-corrected chi connectivity index (χ2v) is 5.15. The summed E-state index contributed by atoms with van der Waals surface area (Å²) in [6.45, 7) is 2.74. The van der Waals surface area contributed by atoms with Crippen molar-refractivity contribution in [2.24, 2.45) is 0 Å². The molecule has 5 heteroatoms. The van der Waals surface area contributed by atoms with Gasteiger partial charge in [-0.25, -0.2) is 0 Å². The normalized spacial score (nSPS) is 10.4. The van der Waals surface area contributed by atoms with Crippen molar-refractivity contribution in [3.8, 4) is 11.4 Å². The quantitative estimate of drug-likeness (QED) is 0.772. The number of nitrogens with zero attached hydrogens (tertiary/aromatic N) is 1. The molecule has 0 spiro atoms. The van der Waals surface area contributed by atoms with Gasteiger partial charge in [0.05, 0.1) is 11.4 Å². The van der Waals surface area contributed by atoms with Gasteiger partial charge in [-0.3, -0.25) is 14.6 Å². The fourth-order valence-corrected chi connectivity index (χ4v) is 2.17. The molecule has 0 fully saturated rings. The number of carbonyl (C=O) groups is 1. The maximum atomic E-state index is 12.0. The van der Waals surface area contributed by atoms with E-state index >= 15 is 0 Å². The minimum atomic E-state index is -0.394. The van der Waals surface area contributed by atoms with Gasteiger partial charge >= 0.3 is 0 Å². The second-order valence-electron chi connectivity index (χ2n) is 5.15. The van der Waals surface area contributed by atoms with Crippen molar-refractivity contribution >= 4 is 5.91 Å². The van der Waals surface area contributed by atoms with Gasteiger partial charge in [-0.2, -0.15) is 0 Å². The molecule has 5 nitrogen and oxygen atoms in total. The van der Waals surface area contributed by atoms with Crippen LogP contribution in [0.25, 0.3) is 11.4 Å². The van der Waals surface area contributed by atoms with E-state index in [-0.39, 0.29) is 11.5 Å². The summed E-state index contributed by atoms with van der Waals surface area (Å²) in [7, 11) is 0. The molecule has 2 aromatic heterocycles. The first kappa shape index (κ1) is 15.9. The summed E-state index contributed by atoms with van der Waals surface area (Å²) in [5.41, 5.74) is 1.01. The number of pyridine rings is 2. The van der Waals surface area contributed by atoms with Gasteiger partial charge in [-0.05, 0) is 30.7 Å². The largest absolute Gasteiger partial charge is 0.352 e. The molecular formula is C17H21N3O2. The van der Waals surface area contributed by atoms with Gasteiger partial charge in [0.15, 0.2) is 0 Å². The minimum absolute atomic E-state index is 0.134. The monoisotopic (exact) mass is 299 g/mol. The van der Waals surface area contributed by atoms with E-state index < -0.39 is 5.56 Å². The van der Waals surface area contributed by atoms with Crippen LogP contribution in [-0.4, -0.2) is 22.4 Å². The molecule has 2 N–H and O–H groups in total. The highest BCUT2D eigenvalue weighted by molar-refractivity contribution is 5.94. The molecule has 0 aliphatic carbocycles. The van der Waals surface area contributed by atoms with Crippen LogP contribution in [0.2, 0.25) is 0 Å². The SMILES string of the molecule is CCCCCCNC(=O)c1ccc(-c2ccccn2)[nH]c1=O. The minimum Gasteiger partial charge on any atom is -0.352 e. The van der Waals surface area contributed by atoms with E-state index in [0.29, 0.717) is 17.9 Å². The predicted molar refractivity (Wildman–Crippen MR) is 86.8 cm³/mol. The Bertz CT molecular complexity index is 665. The van der Waals surface area contributed by atoms with Crippen LogP contribution in [0, 0.1) is 0 Å². The summed E-state index contributed by atoms with van der Waals surface area (Å²) in [6, 6.07) is 8.71. The number of rotatable bonds is 7. The Balaban J connectivity index is 2.01. The van der Waals surface area contributed by atoms with E-state index in [1.54, 1.807) is 24.4 Å². The smallest absolute Gasteiger partial charge is 0.261 e. The van der Waals surface area contributed by atoms with Crippen molar-refractivity contribution in [2.75, 3.05) is 6.54 Å².